The van der Waals surface area contributed by atoms with Crippen LogP contribution in [0.4, 0.5) is 13.2 Å². The molecule has 1 aliphatic carbocycles. The smallest absolute Gasteiger partial charge is 0.405 e. The number of hydrogen-bond donors (Lipinski definition) is 0. The van der Waals surface area contributed by atoms with E-state index in [2.05, 4.69) is 20.7 Å². The zero-order chi connectivity index (χ0) is 13.3. The first kappa shape index (κ1) is 13.7. The van der Waals surface area contributed by atoms with Gasteiger partial charge in [0.2, 0.25) is 0 Å². The normalized spacial score (nSPS) is 16.1. The summed E-state index contributed by atoms with van der Waals surface area (Å²) < 4.78 is 41.6. The Balaban J connectivity index is 2.16. The molecule has 0 unspecified atom stereocenters. The van der Waals surface area contributed by atoms with E-state index in [0.29, 0.717) is 22.6 Å². The molecule has 0 saturated heterocycles. The van der Waals surface area contributed by atoms with Crippen molar-refractivity contribution in [3.8, 4) is 5.75 Å². The number of benzene rings is 1. The van der Waals surface area contributed by atoms with Crippen LogP contribution >= 0.6 is 15.9 Å². The van der Waals surface area contributed by atoms with Gasteiger partial charge < -0.3 is 4.74 Å². The first-order chi connectivity index (χ1) is 8.35. The summed E-state index contributed by atoms with van der Waals surface area (Å²) in [5, 5.41) is 0. The van der Waals surface area contributed by atoms with E-state index >= 15 is 0 Å². The van der Waals surface area contributed by atoms with E-state index in [-0.39, 0.29) is 5.75 Å². The molecular weight excluding hydrogens is 311 g/mol. The van der Waals surface area contributed by atoms with Gasteiger partial charge in [0.1, 0.15) is 5.75 Å². The lowest BCUT2D eigenvalue weighted by Gasteiger charge is -2.19. The molecule has 0 amide bonds. The van der Waals surface area contributed by atoms with Gasteiger partial charge >= 0.3 is 6.36 Å². The minimum Gasteiger partial charge on any atom is -0.405 e. The molecular formula is C12H13BrF3NO. The highest BCUT2D eigenvalue weighted by molar-refractivity contribution is 9.10. The number of nitrogens with zero attached hydrogens (tertiary/aromatic N) is 1. The van der Waals surface area contributed by atoms with Crippen LogP contribution in [-0.2, 0) is 6.54 Å². The third kappa shape index (κ3) is 3.88. The molecule has 1 saturated carbocycles. The number of hydrogen-bond acceptors (Lipinski definition) is 2. The molecule has 0 aromatic heterocycles. The highest BCUT2D eigenvalue weighted by atomic mass is 79.9. The highest BCUT2D eigenvalue weighted by Gasteiger charge is 2.33. The molecule has 1 aliphatic rings. The molecule has 2 rings (SSSR count). The van der Waals surface area contributed by atoms with Gasteiger partial charge in [0.25, 0.3) is 0 Å². The zero-order valence-corrected chi connectivity index (χ0v) is 11.4. The van der Waals surface area contributed by atoms with E-state index in [1.165, 1.54) is 6.07 Å². The molecule has 100 valence electrons. The van der Waals surface area contributed by atoms with Crippen molar-refractivity contribution >= 4 is 15.9 Å². The standard InChI is InChI=1S/C12H13BrF3NO/c1-17(10-4-5-10)7-8-2-3-9(13)6-11(8)18-12(14,15)16/h2-3,6,10H,4-5,7H2,1H3. The molecule has 0 N–H and O–H groups in total. The van der Waals surface area contributed by atoms with Crippen molar-refractivity contribution in [2.75, 3.05) is 7.05 Å². The lowest BCUT2D eigenvalue weighted by atomic mass is 10.2. The van der Waals surface area contributed by atoms with Crippen LogP contribution < -0.4 is 4.74 Å². The maximum atomic E-state index is 12.3. The van der Waals surface area contributed by atoms with Gasteiger partial charge in [-0.25, -0.2) is 0 Å². The highest BCUT2D eigenvalue weighted by Crippen LogP contribution is 2.32. The first-order valence-electron chi connectivity index (χ1n) is 5.59. The maximum Gasteiger partial charge on any atom is 0.573 e. The summed E-state index contributed by atoms with van der Waals surface area (Å²) >= 11 is 3.15. The number of rotatable bonds is 4. The molecule has 6 heteroatoms. The molecule has 18 heavy (non-hydrogen) atoms. The second kappa shape index (κ2) is 5.09. The Kier molecular flexibility index (Phi) is 3.87. The molecule has 0 spiro atoms. The Labute approximate surface area is 112 Å². The van der Waals surface area contributed by atoms with E-state index in [9.17, 15) is 13.2 Å². The molecule has 2 nitrogen and oxygen atoms in total. The van der Waals surface area contributed by atoms with Gasteiger partial charge in [-0.3, -0.25) is 4.90 Å². The minimum absolute atomic E-state index is 0.135. The minimum atomic E-state index is -4.66. The van der Waals surface area contributed by atoms with Crippen molar-refractivity contribution < 1.29 is 17.9 Å². The quantitative estimate of drug-likeness (QED) is 0.832. The van der Waals surface area contributed by atoms with E-state index in [0.717, 1.165) is 12.8 Å². The summed E-state index contributed by atoms with van der Waals surface area (Å²) in [4.78, 5) is 2.05. The van der Waals surface area contributed by atoms with Gasteiger partial charge in [-0.15, -0.1) is 13.2 Å². The van der Waals surface area contributed by atoms with Crippen LogP contribution in [0.1, 0.15) is 18.4 Å². The Morgan fingerprint density at radius 2 is 2.06 bits per heavy atom. The summed E-state index contributed by atoms with van der Waals surface area (Å²) in [6.07, 6.45) is -2.43. The fraction of sp³-hybridized carbons (Fsp3) is 0.500. The van der Waals surface area contributed by atoms with Crippen molar-refractivity contribution in [1.82, 2.24) is 4.90 Å². The molecule has 1 aromatic rings. The zero-order valence-electron chi connectivity index (χ0n) is 9.80. The van der Waals surface area contributed by atoms with Gasteiger partial charge in [0.15, 0.2) is 0 Å². The van der Waals surface area contributed by atoms with Crippen molar-refractivity contribution in [3.05, 3.63) is 28.2 Å². The molecule has 1 aromatic carbocycles. The van der Waals surface area contributed by atoms with Crippen LogP contribution in [-0.4, -0.2) is 24.4 Å². The second-order valence-electron chi connectivity index (χ2n) is 4.45. The number of ether oxygens (including phenoxy) is 1. The molecule has 0 heterocycles. The summed E-state index contributed by atoms with van der Waals surface area (Å²) in [7, 11) is 1.91. The predicted molar refractivity (Wildman–Crippen MR) is 65.3 cm³/mol. The second-order valence-corrected chi connectivity index (χ2v) is 5.36. The van der Waals surface area contributed by atoms with Crippen molar-refractivity contribution in [3.63, 3.8) is 0 Å². The van der Waals surface area contributed by atoms with Gasteiger partial charge in [-0.2, -0.15) is 0 Å². The van der Waals surface area contributed by atoms with Gasteiger partial charge in [0.05, 0.1) is 0 Å². The fourth-order valence-electron chi connectivity index (χ4n) is 1.79. The Hall–Kier alpha value is -0.750. The fourth-order valence-corrected chi connectivity index (χ4v) is 2.13. The van der Waals surface area contributed by atoms with Crippen LogP contribution in [0.2, 0.25) is 0 Å². The van der Waals surface area contributed by atoms with Crippen LogP contribution in [0.5, 0.6) is 5.75 Å². The average Bonchev–Trinajstić information content (AvgIpc) is 3.03. The van der Waals surface area contributed by atoms with Crippen molar-refractivity contribution in [2.24, 2.45) is 0 Å². The molecule has 1 fully saturated rings. The van der Waals surface area contributed by atoms with E-state index in [1.54, 1.807) is 12.1 Å². The summed E-state index contributed by atoms with van der Waals surface area (Å²) in [6, 6.07) is 5.22. The van der Waals surface area contributed by atoms with E-state index in [1.807, 2.05) is 11.9 Å². The monoisotopic (exact) mass is 323 g/mol. The van der Waals surface area contributed by atoms with Crippen molar-refractivity contribution in [2.45, 2.75) is 31.8 Å². The lowest BCUT2D eigenvalue weighted by molar-refractivity contribution is -0.275. The summed E-state index contributed by atoms with van der Waals surface area (Å²) in [5.41, 5.74) is 0.546. The van der Waals surface area contributed by atoms with Crippen LogP contribution in [0, 0.1) is 0 Å². The van der Waals surface area contributed by atoms with Crippen LogP contribution in [0.15, 0.2) is 22.7 Å². The van der Waals surface area contributed by atoms with Gasteiger partial charge in [-0.05, 0) is 32.0 Å². The topological polar surface area (TPSA) is 12.5 Å². The molecule has 0 radical (unpaired) electrons. The summed E-state index contributed by atoms with van der Waals surface area (Å²) in [6.45, 7) is 0.462. The van der Waals surface area contributed by atoms with E-state index in [4.69, 9.17) is 0 Å². The Morgan fingerprint density at radius 1 is 1.39 bits per heavy atom. The maximum absolute atomic E-state index is 12.3. The lowest BCUT2D eigenvalue weighted by Crippen LogP contribution is -2.22. The van der Waals surface area contributed by atoms with Crippen LogP contribution in [0.25, 0.3) is 0 Å². The SMILES string of the molecule is CN(Cc1ccc(Br)cc1OC(F)(F)F)C1CC1. The third-order valence-corrected chi connectivity index (χ3v) is 3.34. The molecule has 0 atom stereocenters. The first-order valence-corrected chi connectivity index (χ1v) is 6.39. The number of halogens is 4. The van der Waals surface area contributed by atoms with Crippen molar-refractivity contribution in [1.29, 1.82) is 0 Å². The van der Waals surface area contributed by atoms with Gasteiger partial charge in [0, 0.05) is 22.6 Å². The predicted octanol–water partition coefficient (Wildman–Crippen LogP) is 3.94. The van der Waals surface area contributed by atoms with E-state index < -0.39 is 6.36 Å². The average molecular weight is 324 g/mol. The molecule has 0 bridgehead atoms. The third-order valence-electron chi connectivity index (χ3n) is 2.84. The summed E-state index contributed by atoms with van der Waals surface area (Å²) in [5.74, 6) is -0.135. The van der Waals surface area contributed by atoms with Gasteiger partial charge in [-0.1, -0.05) is 22.0 Å². The van der Waals surface area contributed by atoms with Crippen LogP contribution in [0.3, 0.4) is 0 Å². The molecule has 0 aliphatic heterocycles. The largest absolute Gasteiger partial charge is 0.573 e. The number of alkyl halides is 3. The Morgan fingerprint density at radius 3 is 2.61 bits per heavy atom. The Bertz CT molecular complexity index is 432.